The average molecular weight is 526 g/mol. The molecule has 188 valence electrons. The molecule has 1 heterocycles. The zero-order chi connectivity index (χ0) is 25.7. The number of anilines is 1. The second-order valence-corrected chi connectivity index (χ2v) is 11.1. The maximum absolute atomic E-state index is 13.4. The monoisotopic (exact) mass is 525 g/mol. The summed E-state index contributed by atoms with van der Waals surface area (Å²) >= 11 is 6.11. The minimum Gasteiger partial charge on any atom is -0.350 e. The molecule has 4 rings (SSSR count). The van der Waals surface area contributed by atoms with Crippen molar-refractivity contribution in [3.05, 3.63) is 94.5 Å². The second kappa shape index (κ2) is 11.1. The standard InChI is InChI=1S/C27H28ClN3O4S/c1-20-7-13-25(14-8-20)36(34,35)31(24-5-2-4-23(28)16-24)19-26(32)29-17-21-9-11-22(12-10-21)18-30-15-3-6-27(30)33/h2,4-5,7-14,16H,3,6,15,17-19H2,1H3,(H,29,32). The summed E-state index contributed by atoms with van der Waals surface area (Å²) in [5.41, 5.74) is 3.13. The third-order valence-corrected chi connectivity index (χ3v) is 8.07. The molecule has 7 nitrogen and oxygen atoms in total. The van der Waals surface area contributed by atoms with Gasteiger partial charge < -0.3 is 10.2 Å². The summed E-state index contributed by atoms with van der Waals surface area (Å²) < 4.78 is 27.9. The van der Waals surface area contributed by atoms with Crippen molar-refractivity contribution in [1.82, 2.24) is 10.2 Å². The van der Waals surface area contributed by atoms with E-state index in [2.05, 4.69) is 5.32 Å². The van der Waals surface area contributed by atoms with Crippen molar-refractivity contribution in [3.8, 4) is 0 Å². The zero-order valence-corrected chi connectivity index (χ0v) is 21.6. The molecule has 0 saturated carbocycles. The molecule has 0 aromatic heterocycles. The number of carbonyl (C=O) groups is 2. The first-order valence-electron chi connectivity index (χ1n) is 11.7. The van der Waals surface area contributed by atoms with Crippen LogP contribution in [-0.2, 0) is 32.7 Å². The molecule has 1 N–H and O–H groups in total. The van der Waals surface area contributed by atoms with Gasteiger partial charge in [-0.2, -0.15) is 0 Å². The van der Waals surface area contributed by atoms with E-state index >= 15 is 0 Å². The van der Waals surface area contributed by atoms with E-state index < -0.39 is 22.5 Å². The lowest BCUT2D eigenvalue weighted by molar-refractivity contribution is -0.128. The molecule has 3 aromatic carbocycles. The third-order valence-electron chi connectivity index (χ3n) is 6.05. The van der Waals surface area contributed by atoms with E-state index in [9.17, 15) is 18.0 Å². The predicted molar refractivity (Wildman–Crippen MR) is 140 cm³/mol. The lowest BCUT2D eigenvalue weighted by Gasteiger charge is -2.24. The first-order valence-corrected chi connectivity index (χ1v) is 13.5. The van der Waals surface area contributed by atoms with Crippen LogP contribution in [0.25, 0.3) is 0 Å². The van der Waals surface area contributed by atoms with Crippen LogP contribution in [0.3, 0.4) is 0 Å². The van der Waals surface area contributed by atoms with Gasteiger partial charge in [-0.15, -0.1) is 0 Å². The molecule has 1 aliphatic heterocycles. The molecular formula is C27H28ClN3O4S. The molecule has 0 bridgehead atoms. The molecule has 0 unspecified atom stereocenters. The molecule has 0 aliphatic carbocycles. The number of rotatable bonds is 9. The minimum atomic E-state index is -4.01. The first-order chi connectivity index (χ1) is 17.2. The highest BCUT2D eigenvalue weighted by molar-refractivity contribution is 7.92. The normalized spacial score (nSPS) is 13.6. The minimum absolute atomic E-state index is 0.0907. The number of aryl methyl sites for hydroxylation is 1. The number of sulfonamides is 1. The topological polar surface area (TPSA) is 86.8 Å². The van der Waals surface area contributed by atoms with Crippen LogP contribution in [0, 0.1) is 6.92 Å². The number of benzene rings is 3. The van der Waals surface area contributed by atoms with E-state index in [1.807, 2.05) is 36.1 Å². The van der Waals surface area contributed by atoms with Crippen molar-refractivity contribution in [2.45, 2.75) is 37.8 Å². The summed E-state index contributed by atoms with van der Waals surface area (Å²) in [7, 11) is -4.01. The summed E-state index contributed by atoms with van der Waals surface area (Å²) in [5.74, 6) is -0.270. The van der Waals surface area contributed by atoms with Crippen LogP contribution in [-0.4, -0.2) is 38.2 Å². The number of amides is 2. The van der Waals surface area contributed by atoms with Crippen LogP contribution >= 0.6 is 11.6 Å². The molecule has 9 heteroatoms. The summed E-state index contributed by atoms with van der Waals surface area (Å²) in [4.78, 5) is 26.6. The zero-order valence-electron chi connectivity index (χ0n) is 20.0. The van der Waals surface area contributed by atoms with Crippen molar-refractivity contribution in [2.75, 3.05) is 17.4 Å². The fraction of sp³-hybridized carbons (Fsp3) is 0.259. The highest BCUT2D eigenvalue weighted by atomic mass is 35.5. The van der Waals surface area contributed by atoms with E-state index in [1.165, 1.54) is 18.2 Å². The van der Waals surface area contributed by atoms with Gasteiger partial charge in [0.2, 0.25) is 11.8 Å². The second-order valence-electron chi connectivity index (χ2n) is 8.82. The number of hydrogen-bond donors (Lipinski definition) is 1. The SMILES string of the molecule is Cc1ccc(S(=O)(=O)N(CC(=O)NCc2ccc(CN3CCCC3=O)cc2)c2cccc(Cl)c2)cc1. The van der Waals surface area contributed by atoms with Gasteiger partial charge in [-0.3, -0.25) is 13.9 Å². The quantitative estimate of drug-likeness (QED) is 0.451. The van der Waals surface area contributed by atoms with E-state index in [1.54, 1.807) is 30.3 Å². The molecule has 36 heavy (non-hydrogen) atoms. The Labute approximate surface area is 216 Å². The highest BCUT2D eigenvalue weighted by Crippen LogP contribution is 2.26. The Balaban J connectivity index is 1.44. The Morgan fingerprint density at radius 2 is 1.72 bits per heavy atom. The van der Waals surface area contributed by atoms with Crippen LogP contribution in [0.15, 0.2) is 77.7 Å². The van der Waals surface area contributed by atoms with Gasteiger partial charge in [0, 0.05) is 31.1 Å². The lowest BCUT2D eigenvalue weighted by Crippen LogP contribution is -2.40. The van der Waals surface area contributed by atoms with E-state index in [4.69, 9.17) is 11.6 Å². The fourth-order valence-electron chi connectivity index (χ4n) is 4.02. The largest absolute Gasteiger partial charge is 0.350 e. The molecule has 0 spiro atoms. The maximum atomic E-state index is 13.4. The van der Waals surface area contributed by atoms with Gasteiger partial charge in [0.1, 0.15) is 6.54 Å². The molecule has 1 fully saturated rings. The van der Waals surface area contributed by atoms with Gasteiger partial charge in [-0.25, -0.2) is 8.42 Å². The third kappa shape index (κ3) is 6.25. The van der Waals surface area contributed by atoms with Gasteiger partial charge >= 0.3 is 0 Å². The van der Waals surface area contributed by atoms with E-state index in [-0.39, 0.29) is 17.3 Å². The van der Waals surface area contributed by atoms with Crippen LogP contribution in [0.4, 0.5) is 5.69 Å². The molecule has 1 saturated heterocycles. The van der Waals surface area contributed by atoms with Gasteiger partial charge in [0.25, 0.3) is 10.0 Å². The summed E-state index contributed by atoms with van der Waals surface area (Å²) in [5, 5.41) is 3.17. The predicted octanol–water partition coefficient (Wildman–Crippen LogP) is 4.28. The Kier molecular flexibility index (Phi) is 7.96. The number of carbonyl (C=O) groups excluding carboxylic acids is 2. The number of likely N-dealkylation sites (tertiary alicyclic amines) is 1. The van der Waals surface area contributed by atoms with E-state index in [0.717, 1.165) is 34.0 Å². The Morgan fingerprint density at radius 1 is 1.03 bits per heavy atom. The number of nitrogens with one attached hydrogen (secondary N) is 1. The molecule has 2 amide bonds. The van der Waals surface area contributed by atoms with Crippen molar-refractivity contribution in [1.29, 1.82) is 0 Å². The van der Waals surface area contributed by atoms with Gasteiger partial charge in [-0.05, 0) is 54.8 Å². The summed E-state index contributed by atoms with van der Waals surface area (Å²) in [6.07, 6.45) is 1.50. The smallest absolute Gasteiger partial charge is 0.264 e. The van der Waals surface area contributed by atoms with Crippen molar-refractivity contribution in [3.63, 3.8) is 0 Å². The lowest BCUT2D eigenvalue weighted by atomic mass is 10.1. The van der Waals surface area contributed by atoms with Crippen LogP contribution in [0.2, 0.25) is 5.02 Å². The summed E-state index contributed by atoms with van der Waals surface area (Å²) in [6.45, 7) is 3.08. The number of nitrogens with zero attached hydrogens (tertiary/aromatic N) is 2. The number of hydrogen-bond acceptors (Lipinski definition) is 4. The van der Waals surface area contributed by atoms with Crippen LogP contribution < -0.4 is 9.62 Å². The van der Waals surface area contributed by atoms with Gasteiger partial charge in [-0.1, -0.05) is 59.6 Å². The molecule has 0 atom stereocenters. The van der Waals surface area contributed by atoms with Crippen molar-refractivity contribution >= 4 is 39.1 Å². The summed E-state index contributed by atoms with van der Waals surface area (Å²) in [6, 6.07) is 20.6. The van der Waals surface area contributed by atoms with Crippen LogP contribution in [0.5, 0.6) is 0 Å². The van der Waals surface area contributed by atoms with Gasteiger partial charge in [0.05, 0.1) is 10.6 Å². The molecule has 0 radical (unpaired) electrons. The molecule has 3 aromatic rings. The molecule has 1 aliphatic rings. The first kappa shape index (κ1) is 25.7. The Morgan fingerprint density at radius 3 is 2.36 bits per heavy atom. The highest BCUT2D eigenvalue weighted by Gasteiger charge is 2.27. The fourth-order valence-corrected chi connectivity index (χ4v) is 5.62. The van der Waals surface area contributed by atoms with Gasteiger partial charge in [0.15, 0.2) is 0 Å². The van der Waals surface area contributed by atoms with Crippen LogP contribution in [0.1, 0.15) is 29.5 Å². The van der Waals surface area contributed by atoms with E-state index in [0.29, 0.717) is 23.7 Å². The Bertz CT molecular complexity index is 1340. The average Bonchev–Trinajstić information content (AvgIpc) is 3.26. The Hall–Kier alpha value is -3.36. The molecular weight excluding hydrogens is 498 g/mol. The van der Waals surface area contributed by atoms with Crippen molar-refractivity contribution < 1.29 is 18.0 Å². The maximum Gasteiger partial charge on any atom is 0.264 e. The van der Waals surface area contributed by atoms with Crippen molar-refractivity contribution in [2.24, 2.45) is 0 Å². The number of halogens is 1.